The van der Waals surface area contributed by atoms with Crippen LogP contribution in [0.25, 0.3) is 5.57 Å². The van der Waals surface area contributed by atoms with Crippen molar-refractivity contribution in [3.05, 3.63) is 56.7 Å². The topological polar surface area (TPSA) is 29.5 Å². The third-order valence-electron chi connectivity index (χ3n) is 3.26. The van der Waals surface area contributed by atoms with E-state index in [0.29, 0.717) is 6.54 Å². The van der Waals surface area contributed by atoms with Gasteiger partial charge in [0.05, 0.1) is 13.7 Å². The standard InChI is InChI=1S/C17H18BrNO2S/c1-12(15-6-4-5-7-16(15)21-3)8-17(20)19(2)10-14-9-13(18)11-22-14/h4-9,11H,10H2,1-3H3/b12-8-. The summed E-state index contributed by atoms with van der Waals surface area (Å²) in [5.74, 6) is 0.752. The second kappa shape index (κ2) is 7.61. The van der Waals surface area contributed by atoms with Crippen molar-refractivity contribution in [2.75, 3.05) is 14.2 Å². The first-order chi connectivity index (χ1) is 10.5. The number of thiophene rings is 1. The largest absolute Gasteiger partial charge is 0.496 e. The summed E-state index contributed by atoms with van der Waals surface area (Å²) in [5.41, 5.74) is 1.83. The fraction of sp³-hybridized carbons (Fsp3) is 0.235. The van der Waals surface area contributed by atoms with Crippen molar-refractivity contribution < 1.29 is 9.53 Å². The van der Waals surface area contributed by atoms with E-state index in [4.69, 9.17) is 4.74 Å². The van der Waals surface area contributed by atoms with Gasteiger partial charge in [0.15, 0.2) is 0 Å². The normalized spacial score (nSPS) is 11.4. The van der Waals surface area contributed by atoms with E-state index in [1.807, 2.05) is 49.7 Å². The van der Waals surface area contributed by atoms with Crippen molar-refractivity contribution in [3.63, 3.8) is 0 Å². The van der Waals surface area contributed by atoms with Crippen molar-refractivity contribution in [2.24, 2.45) is 0 Å². The van der Waals surface area contributed by atoms with Crippen LogP contribution >= 0.6 is 27.3 Å². The summed E-state index contributed by atoms with van der Waals surface area (Å²) in [4.78, 5) is 15.2. The Morgan fingerprint density at radius 3 is 2.77 bits per heavy atom. The lowest BCUT2D eigenvalue weighted by Crippen LogP contribution is -2.23. The van der Waals surface area contributed by atoms with Gasteiger partial charge in [-0.05, 0) is 40.6 Å². The van der Waals surface area contributed by atoms with Gasteiger partial charge in [-0.25, -0.2) is 0 Å². The molecule has 0 saturated heterocycles. The molecule has 0 N–H and O–H groups in total. The third kappa shape index (κ3) is 4.21. The smallest absolute Gasteiger partial charge is 0.246 e. The number of carbonyl (C=O) groups excluding carboxylic acids is 1. The van der Waals surface area contributed by atoms with Gasteiger partial charge in [0, 0.05) is 33.4 Å². The lowest BCUT2D eigenvalue weighted by molar-refractivity contribution is -0.125. The van der Waals surface area contributed by atoms with E-state index >= 15 is 0 Å². The number of ether oxygens (including phenoxy) is 1. The number of hydrogen-bond donors (Lipinski definition) is 0. The van der Waals surface area contributed by atoms with Crippen molar-refractivity contribution in [3.8, 4) is 5.75 Å². The van der Waals surface area contributed by atoms with E-state index < -0.39 is 0 Å². The van der Waals surface area contributed by atoms with Crippen LogP contribution in [-0.2, 0) is 11.3 Å². The van der Waals surface area contributed by atoms with Gasteiger partial charge in [0.2, 0.25) is 5.91 Å². The molecular weight excluding hydrogens is 362 g/mol. The number of rotatable bonds is 5. The Morgan fingerprint density at radius 2 is 2.14 bits per heavy atom. The Hall–Kier alpha value is -1.59. The third-order valence-corrected chi connectivity index (χ3v) is 4.95. The first-order valence-electron chi connectivity index (χ1n) is 6.81. The van der Waals surface area contributed by atoms with Gasteiger partial charge in [0.1, 0.15) is 5.75 Å². The Bertz CT molecular complexity index is 693. The molecule has 0 aliphatic rings. The molecule has 3 nitrogen and oxygen atoms in total. The summed E-state index contributed by atoms with van der Waals surface area (Å²) < 4.78 is 6.39. The summed E-state index contributed by atoms with van der Waals surface area (Å²) in [6, 6.07) is 9.73. The molecular formula is C17H18BrNO2S. The maximum Gasteiger partial charge on any atom is 0.246 e. The molecule has 1 aromatic carbocycles. The average molecular weight is 380 g/mol. The molecule has 0 radical (unpaired) electrons. The lowest BCUT2D eigenvalue weighted by Gasteiger charge is -2.15. The average Bonchev–Trinajstić information content (AvgIpc) is 2.92. The molecule has 0 bridgehead atoms. The van der Waals surface area contributed by atoms with E-state index in [1.165, 1.54) is 0 Å². The molecule has 22 heavy (non-hydrogen) atoms. The summed E-state index contributed by atoms with van der Waals surface area (Å²) in [7, 11) is 3.44. The maximum absolute atomic E-state index is 12.3. The molecule has 2 rings (SSSR count). The number of allylic oxidation sites excluding steroid dienone is 1. The molecule has 0 atom stereocenters. The molecule has 1 aromatic heterocycles. The highest BCUT2D eigenvalue weighted by atomic mass is 79.9. The minimum Gasteiger partial charge on any atom is -0.496 e. The van der Waals surface area contributed by atoms with E-state index in [1.54, 1.807) is 29.4 Å². The summed E-state index contributed by atoms with van der Waals surface area (Å²) in [6.45, 7) is 2.52. The van der Waals surface area contributed by atoms with Crippen LogP contribution in [0.1, 0.15) is 17.4 Å². The second-order valence-electron chi connectivity index (χ2n) is 4.95. The van der Waals surface area contributed by atoms with Gasteiger partial charge in [0.25, 0.3) is 0 Å². The highest BCUT2D eigenvalue weighted by Gasteiger charge is 2.10. The molecule has 0 aliphatic carbocycles. The zero-order valence-electron chi connectivity index (χ0n) is 12.8. The van der Waals surface area contributed by atoms with E-state index in [0.717, 1.165) is 26.2 Å². The molecule has 0 aliphatic heterocycles. The van der Waals surface area contributed by atoms with Crippen LogP contribution in [0.2, 0.25) is 0 Å². The summed E-state index contributed by atoms with van der Waals surface area (Å²) >= 11 is 5.06. The Kier molecular flexibility index (Phi) is 5.80. The van der Waals surface area contributed by atoms with Crippen LogP contribution in [0.4, 0.5) is 0 Å². The van der Waals surface area contributed by atoms with Crippen LogP contribution < -0.4 is 4.74 Å². The Labute approximate surface area is 143 Å². The fourth-order valence-corrected chi connectivity index (χ4v) is 3.60. The predicted octanol–water partition coefficient (Wildman–Crippen LogP) is 4.58. The molecule has 0 unspecified atom stereocenters. The van der Waals surface area contributed by atoms with Crippen LogP contribution in [0.3, 0.4) is 0 Å². The monoisotopic (exact) mass is 379 g/mol. The van der Waals surface area contributed by atoms with Gasteiger partial charge < -0.3 is 9.64 Å². The molecule has 0 spiro atoms. The van der Waals surface area contributed by atoms with Crippen LogP contribution in [0, 0.1) is 0 Å². The molecule has 2 aromatic rings. The van der Waals surface area contributed by atoms with Crippen molar-refractivity contribution in [1.82, 2.24) is 4.90 Å². The molecule has 0 fully saturated rings. The fourth-order valence-electron chi connectivity index (χ4n) is 2.09. The van der Waals surface area contributed by atoms with Crippen LogP contribution in [0.5, 0.6) is 5.75 Å². The zero-order valence-corrected chi connectivity index (χ0v) is 15.2. The minimum atomic E-state index is -0.0204. The summed E-state index contributed by atoms with van der Waals surface area (Å²) in [6.07, 6.45) is 1.65. The number of hydrogen-bond acceptors (Lipinski definition) is 3. The number of methoxy groups -OCH3 is 1. The number of nitrogens with zero attached hydrogens (tertiary/aromatic N) is 1. The van der Waals surface area contributed by atoms with Gasteiger partial charge in [-0.2, -0.15) is 0 Å². The Morgan fingerprint density at radius 1 is 1.41 bits per heavy atom. The van der Waals surface area contributed by atoms with Gasteiger partial charge >= 0.3 is 0 Å². The molecule has 5 heteroatoms. The highest BCUT2D eigenvalue weighted by Crippen LogP contribution is 2.25. The first-order valence-corrected chi connectivity index (χ1v) is 8.48. The van der Waals surface area contributed by atoms with E-state index in [-0.39, 0.29) is 5.91 Å². The van der Waals surface area contributed by atoms with E-state index in [9.17, 15) is 4.79 Å². The van der Waals surface area contributed by atoms with Gasteiger partial charge in [-0.3, -0.25) is 4.79 Å². The molecule has 116 valence electrons. The zero-order chi connectivity index (χ0) is 16.1. The van der Waals surface area contributed by atoms with Crippen molar-refractivity contribution in [2.45, 2.75) is 13.5 Å². The lowest BCUT2D eigenvalue weighted by atomic mass is 10.1. The number of para-hydroxylation sites is 1. The van der Waals surface area contributed by atoms with E-state index in [2.05, 4.69) is 15.9 Å². The van der Waals surface area contributed by atoms with Gasteiger partial charge in [-0.15, -0.1) is 11.3 Å². The number of amides is 1. The number of carbonyl (C=O) groups is 1. The molecule has 1 heterocycles. The number of halogens is 1. The second-order valence-corrected chi connectivity index (χ2v) is 6.86. The molecule has 1 amide bonds. The van der Waals surface area contributed by atoms with Gasteiger partial charge in [-0.1, -0.05) is 18.2 Å². The minimum absolute atomic E-state index is 0.0204. The van der Waals surface area contributed by atoms with Crippen molar-refractivity contribution >= 4 is 38.7 Å². The predicted molar refractivity (Wildman–Crippen MR) is 95.1 cm³/mol. The number of benzene rings is 1. The quantitative estimate of drug-likeness (QED) is 0.711. The van der Waals surface area contributed by atoms with Crippen LogP contribution in [0.15, 0.2) is 46.3 Å². The maximum atomic E-state index is 12.3. The first kappa shape index (κ1) is 16.8. The number of likely N-dealkylation sites (N-methyl/N-ethyl adjacent to an activating group) is 1. The summed E-state index contributed by atoms with van der Waals surface area (Å²) in [5, 5.41) is 2.02. The van der Waals surface area contributed by atoms with Crippen LogP contribution in [-0.4, -0.2) is 25.0 Å². The SMILES string of the molecule is COc1ccccc1/C(C)=C\C(=O)N(C)Cc1cc(Br)cs1. The molecule has 0 saturated carbocycles. The Balaban J connectivity index is 2.11. The highest BCUT2D eigenvalue weighted by molar-refractivity contribution is 9.10. The van der Waals surface area contributed by atoms with Crippen molar-refractivity contribution in [1.29, 1.82) is 0 Å².